The summed E-state index contributed by atoms with van der Waals surface area (Å²) in [5, 5.41) is 6.92. The van der Waals surface area contributed by atoms with Gasteiger partial charge in [0.15, 0.2) is 5.82 Å². The Balaban J connectivity index is 1.52. The van der Waals surface area contributed by atoms with Crippen LogP contribution in [0.15, 0.2) is 53.9 Å². The number of hydrogen-bond donors (Lipinski definition) is 1. The average Bonchev–Trinajstić information content (AvgIpc) is 3.21. The number of aromatic nitrogens is 4. The van der Waals surface area contributed by atoms with Gasteiger partial charge in [0.1, 0.15) is 5.25 Å². The number of thioether (sulfide) groups is 1. The van der Waals surface area contributed by atoms with E-state index in [2.05, 4.69) is 20.2 Å². The molecule has 1 fully saturated rings. The quantitative estimate of drug-likeness (QED) is 0.715. The molecule has 0 unspecified atom stereocenters. The van der Waals surface area contributed by atoms with Gasteiger partial charge < -0.3 is 0 Å². The molecule has 8 heteroatoms. The molecule has 0 aliphatic carbocycles. The third-order valence-corrected chi connectivity index (χ3v) is 5.08. The van der Waals surface area contributed by atoms with Crippen LogP contribution in [0.4, 0.5) is 5.69 Å². The molecule has 0 bridgehead atoms. The number of anilines is 1. The van der Waals surface area contributed by atoms with E-state index < -0.39 is 5.25 Å². The normalized spacial score (nSPS) is 17.1. The zero-order chi connectivity index (χ0) is 18.1. The Kier molecular flexibility index (Phi) is 4.26. The van der Waals surface area contributed by atoms with E-state index in [4.69, 9.17) is 0 Å². The zero-order valence-electron chi connectivity index (χ0n) is 13.9. The molecule has 2 amide bonds. The molecule has 1 aliphatic heterocycles. The standard InChI is InChI=1S/C18H15N5O2S/c1-11-3-2-4-13(9-11)23-15(24)10-14(17(23)25)26-18-20-16(21-22-18)12-5-7-19-8-6-12/h2-9,14H,10H2,1H3,(H,20,21,22)/t14-/m1/s1. The Labute approximate surface area is 153 Å². The fourth-order valence-corrected chi connectivity index (χ4v) is 3.73. The molecule has 7 nitrogen and oxygen atoms in total. The number of imide groups is 1. The van der Waals surface area contributed by atoms with E-state index in [9.17, 15) is 9.59 Å². The maximum atomic E-state index is 12.7. The Bertz CT molecular complexity index is 972. The number of benzene rings is 1. The minimum atomic E-state index is -0.524. The molecule has 26 heavy (non-hydrogen) atoms. The summed E-state index contributed by atoms with van der Waals surface area (Å²) in [7, 11) is 0. The highest BCUT2D eigenvalue weighted by molar-refractivity contribution is 8.00. The Morgan fingerprint density at radius 2 is 2.00 bits per heavy atom. The van der Waals surface area contributed by atoms with Crippen molar-refractivity contribution in [3.63, 3.8) is 0 Å². The molecule has 0 saturated carbocycles. The van der Waals surface area contributed by atoms with Gasteiger partial charge in [-0.3, -0.25) is 19.7 Å². The second-order valence-electron chi connectivity index (χ2n) is 5.92. The zero-order valence-corrected chi connectivity index (χ0v) is 14.7. The van der Waals surface area contributed by atoms with E-state index in [1.807, 2.05) is 37.3 Å². The number of aryl methyl sites for hydroxylation is 1. The molecule has 1 N–H and O–H groups in total. The Morgan fingerprint density at radius 3 is 2.77 bits per heavy atom. The second kappa shape index (κ2) is 6.72. The predicted octanol–water partition coefficient (Wildman–Crippen LogP) is 2.60. The van der Waals surface area contributed by atoms with Gasteiger partial charge in [0.05, 0.1) is 5.69 Å². The molecule has 3 heterocycles. The number of H-pyrrole nitrogens is 1. The molecular formula is C18H15N5O2S. The van der Waals surface area contributed by atoms with Crippen LogP contribution in [0.5, 0.6) is 0 Å². The second-order valence-corrected chi connectivity index (χ2v) is 7.09. The van der Waals surface area contributed by atoms with Crippen LogP contribution in [0.25, 0.3) is 11.4 Å². The lowest BCUT2D eigenvalue weighted by atomic mass is 10.2. The van der Waals surface area contributed by atoms with Gasteiger partial charge in [-0.2, -0.15) is 0 Å². The van der Waals surface area contributed by atoms with E-state index >= 15 is 0 Å². The van der Waals surface area contributed by atoms with E-state index in [0.29, 0.717) is 16.7 Å². The van der Waals surface area contributed by atoms with Crippen molar-refractivity contribution in [2.45, 2.75) is 23.8 Å². The van der Waals surface area contributed by atoms with Crippen LogP contribution in [0, 0.1) is 6.92 Å². The molecule has 1 aliphatic rings. The molecule has 0 radical (unpaired) electrons. The Hall–Kier alpha value is -3.00. The number of pyridine rings is 1. The number of hydrogen-bond acceptors (Lipinski definition) is 6. The smallest absolute Gasteiger partial charge is 0.247 e. The van der Waals surface area contributed by atoms with E-state index in [1.165, 1.54) is 16.7 Å². The molecule has 0 spiro atoms. The number of nitrogens with one attached hydrogen (secondary N) is 1. The lowest BCUT2D eigenvalue weighted by Gasteiger charge is -2.15. The average molecular weight is 365 g/mol. The summed E-state index contributed by atoms with van der Waals surface area (Å²) in [6, 6.07) is 11.0. The molecule has 130 valence electrons. The maximum Gasteiger partial charge on any atom is 0.247 e. The van der Waals surface area contributed by atoms with E-state index in [-0.39, 0.29) is 18.2 Å². The summed E-state index contributed by atoms with van der Waals surface area (Å²) in [5.74, 6) is 0.158. The molecular weight excluding hydrogens is 350 g/mol. The van der Waals surface area contributed by atoms with Crippen molar-refractivity contribution in [1.82, 2.24) is 20.2 Å². The van der Waals surface area contributed by atoms with Crippen molar-refractivity contribution in [2.75, 3.05) is 4.90 Å². The van der Waals surface area contributed by atoms with Gasteiger partial charge in [-0.15, -0.1) is 5.10 Å². The first-order valence-corrected chi connectivity index (χ1v) is 8.93. The molecule has 3 aromatic rings. The lowest BCUT2D eigenvalue weighted by Crippen LogP contribution is -2.31. The molecule has 4 rings (SSSR count). The van der Waals surface area contributed by atoms with Crippen LogP contribution in [-0.4, -0.2) is 37.2 Å². The van der Waals surface area contributed by atoms with Crippen molar-refractivity contribution in [2.24, 2.45) is 0 Å². The summed E-state index contributed by atoms with van der Waals surface area (Å²) in [6.07, 6.45) is 3.48. The summed E-state index contributed by atoms with van der Waals surface area (Å²) in [6.45, 7) is 1.93. The van der Waals surface area contributed by atoms with Gasteiger partial charge in [-0.25, -0.2) is 9.88 Å². The third-order valence-electron chi connectivity index (χ3n) is 4.03. The Morgan fingerprint density at radius 1 is 1.19 bits per heavy atom. The number of nitrogens with zero attached hydrogens (tertiary/aromatic N) is 4. The first-order valence-electron chi connectivity index (χ1n) is 8.05. The van der Waals surface area contributed by atoms with Gasteiger partial charge in [-0.1, -0.05) is 23.9 Å². The molecule has 2 aromatic heterocycles. The summed E-state index contributed by atoms with van der Waals surface area (Å²) >= 11 is 1.20. The minimum Gasteiger partial charge on any atom is -0.274 e. The van der Waals surface area contributed by atoms with Crippen molar-refractivity contribution in [3.05, 3.63) is 54.4 Å². The fraction of sp³-hybridized carbons (Fsp3) is 0.167. The van der Waals surface area contributed by atoms with Gasteiger partial charge in [0.2, 0.25) is 17.0 Å². The number of amides is 2. The predicted molar refractivity (Wildman–Crippen MR) is 97.5 cm³/mol. The van der Waals surface area contributed by atoms with Crippen LogP contribution >= 0.6 is 11.8 Å². The molecule has 1 aromatic carbocycles. The van der Waals surface area contributed by atoms with Crippen LogP contribution in [0.3, 0.4) is 0 Å². The van der Waals surface area contributed by atoms with Crippen molar-refractivity contribution >= 4 is 29.3 Å². The van der Waals surface area contributed by atoms with Crippen molar-refractivity contribution in [3.8, 4) is 11.4 Å². The third kappa shape index (κ3) is 3.11. The van der Waals surface area contributed by atoms with Crippen LogP contribution in [-0.2, 0) is 9.59 Å². The number of carbonyl (C=O) groups excluding carboxylic acids is 2. The van der Waals surface area contributed by atoms with Gasteiger partial charge in [-0.05, 0) is 36.8 Å². The summed E-state index contributed by atoms with van der Waals surface area (Å²) in [4.78, 5) is 34.7. The highest BCUT2D eigenvalue weighted by atomic mass is 32.2. The SMILES string of the molecule is Cc1cccc(N2C(=O)C[C@@H](Sc3n[nH]c(-c4ccncc4)n3)C2=O)c1. The highest BCUT2D eigenvalue weighted by Crippen LogP contribution is 2.33. The van der Waals surface area contributed by atoms with Gasteiger partial charge in [0, 0.05) is 24.4 Å². The first kappa shape index (κ1) is 16.5. The first-order chi connectivity index (χ1) is 12.6. The molecule has 1 atom stereocenters. The van der Waals surface area contributed by atoms with Gasteiger partial charge in [0.25, 0.3) is 0 Å². The largest absolute Gasteiger partial charge is 0.274 e. The molecule has 1 saturated heterocycles. The lowest BCUT2D eigenvalue weighted by molar-refractivity contribution is -0.121. The highest BCUT2D eigenvalue weighted by Gasteiger charge is 2.40. The van der Waals surface area contributed by atoms with Crippen LogP contribution < -0.4 is 4.90 Å². The minimum absolute atomic E-state index is 0.135. The summed E-state index contributed by atoms with van der Waals surface area (Å²) in [5.41, 5.74) is 2.46. The fourth-order valence-electron chi connectivity index (χ4n) is 2.80. The van der Waals surface area contributed by atoms with E-state index in [0.717, 1.165) is 11.1 Å². The van der Waals surface area contributed by atoms with E-state index in [1.54, 1.807) is 18.5 Å². The van der Waals surface area contributed by atoms with Crippen molar-refractivity contribution in [1.29, 1.82) is 0 Å². The van der Waals surface area contributed by atoms with Gasteiger partial charge >= 0.3 is 0 Å². The van der Waals surface area contributed by atoms with Crippen LogP contribution in [0.2, 0.25) is 0 Å². The van der Waals surface area contributed by atoms with Crippen molar-refractivity contribution < 1.29 is 9.59 Å². The van der Waals surface area contributed by atoms with Crippen LogP contribution in [0.1, 0.15) is 12.0 Å². The number of aromatic amines is 1. The topological polar surface area (TPSA) is 91.8 Å². The number of rotatable bonds is 4. The monoisotopic (exact) mass is 365 g/mol. The summed E-state index contributed by atoms with van der Waals surface area (Å²) < 4.78 is 0. The maximum absolute atomic E-state index is 12.7. The number of carbonyl (C=O) groups is 2.